The molecule has 0 fully saturated rings. The van der Waals surface area contributed by atoms with Crippen molar-refractivity contribution in [1.29, 1.82) is 0 Å². The van der Waals surface area contributed by atoms with E-state index in [1.807, 2.05) is 31.2 Å². The van der Waals surface area contributed by atoms with Gasteiger partial charge in [0.2, 0.25) is 5.91 Å². The maximum atomic E-state index is 12.6. The molecule has 0 aliphatic carbocycles. The van der Waals surface area contributed by atoms with Crippen molar-refractivity contribution in [2.24, 2.45) is 0 Å². The molecule has 1 aromatic heterocycles. The second-order valence-electron chi connectivity index (χ2n) is 5.84. The number of imidazole rings is 1. The minimum Gasteiger partial charge on any atom is -0.493 e. The van der Waals surface area contributed by atoms with E-state index in [0.29, 0.717) is 34.3 Å². The Morgan fingerprint density at radius 1 is 1.07 bits per heavy atom. The van der Waals surface area contributed by atoms with Crippen molar-refractivity contribution < 1.29 is 14.3 Å². The molecule has 8 heteroatoms. The van der Waals surface area contributed by atoms with E-state index in [9.17, 15) is 9.59 Å². The largest absolute Gasteiger partial charge is 0.493 e. The van der Waals surface area contributed by atoms with Crippen LogP contribution in [0.1, 0.15) is 6.92 Å². The van der Waals surface area contributed by atoms with Crippen molar-refractivity contribution in [2.45, 2.75) is 20.0 Å². The molecule has 7 nitrogen and oxygen atoms in total. The monoisotopic (exact) mass is 389 g/mol. The molecule has 1 N–H and O–H groups in total. The second-order valence-corrected chi connectivity index (χ2v) is 6.24. The Hall–Kier alpha value is -2.93. The van der Waals surface area contributed by atoms with Crippen molar-refractivity contribution in [2.75, 3.05) is 19.5 Å². The minimum absolute atomic E-state index is 0.128. The van der Waals surface area contributed by atoms with Gasteiger partial charge in [-0.15, -0.1) is 0 Å². The number of carbonyl (C=O) groups excluding carboxylic acids is 1. The average Bonchev–Trinajstić information content (AvgIpc) is 2.94. The highest BCUT2D eigenvalue weighted by Crippen LogP contribution is 2.36. The number of aromatic nitrogens is 2. The van der Waals surface area contributed by atoms with E-state index in [0.717, 1.165) is 5.52 Å². The van der Waals surface area contributed by atoms with Gasteiger partial charge in [-0.3, -0.25) is 13.9 Å². The molecule has 0 spiro atoms. The first kappa shape index (κ1) is 18.8. The lowest BCUT2D eigenvalue weighted by Crippen LogP contribution is -2.29. The molecular formula is C19H20ClN3O4. The average molecular weight is 390 g/mol. The number of carbonyl (C=O) groups is 1. The molecular weight excluding hydrogens is 370 g/mol. The zero-order chi connectivity index (χ0) is 19.6. The number of ether oxygens (including phenoxy) is 2. The van der Waals surface area contributed by atoms with Crippen LogP contribution in [-0.4, -0.2) is 29.3 Å². The van der Waals surface area contributed by atoms with Crippen LogP contribution in [0.2, 0.25) is 5.02 Å². The molecule has 1 heterocycles. The van der Waals surface area contributed by atoms with Crippen LogP contribution in [0.25, 0.3) is 11.0 Å². The van der Waals surface area contributed by atoms with E-state index in [-0.39, 0.29) is 18.1 Å². The molecule has 0 bridgehead atoms. The summed E-state index contributed by atoms with van der Waals surface area (Å²) in [6.07, 6.45) is 0. The molecule has 0 unspecified atom stereocenters. The number of methoxy groups -OCH3 is 2. The summed E-state index contributed by atoms with van der Waals surface area (Å²) in [6, 6.07) is 10.5. The third-order valence-electron chi connectivity index (χ3n) is 4.29. The number of amides is 1. The van der Waals surface area contributed by atoms with E-state index in [4.69, 9.17) is 21.1 Å². The van der Waals surface area contributed by atoms with Gasteiger partial charge < -0.3 is 14.8 Å². The van der Waals surface area contributed by atoms with Crippen molar-refractivity contribution in [3.05, 3.63) is 51.9 Å². The first-order valence-corrected chi connectivity index (χ1v) is 8.77. The summed E-state index contributed by atoms with van der Waals surface area (Å²) in [5.74, 6) is 0.532. The van der Waals surface area contributed by atoms with E-state index < -0.39 is 0 Å². The lowest BCUT2D eigenvalue weighted by molar-refractivity contribution is -0.116. The van der Waals surface area contributed by atoms with Gasteiger partial charge in [-0.1, -0.05) is 23.7 Å². The second kappa shape index (κ2) is 7.75. The predicted molar refractivity (Wildman–Crippen MR) is 105 cm³/mol. The minimum atomic E-state index is -0.370. The first-order valence-electron chi connectivity index (χ1n) is 8.39. The van der Waals surface area contributed by atoms with Gasteiger partial charge in [0.25, 0.3) is 0 Å². The molecule has 3 aromatic rings. The van der Waals surface area contributed by atoms with Crippen LogP contribution in [0.3, 0.4) is 0 Å². The van der Waals surface area contributed by atoms with E-state index in [1.165, 1.54) is 18.8 Å². The maximum Gasteiger partial charge on any atom is 0.329 e. The van der Waals surface area contributed by atoms with Crippen LogP contribution >= 0.6 is 11.6 Å². The number of rotatable bonds is 6. The molecule has 0 saturated heterocycles. The summed E-state index contributed by atoms with van der Waals surface area (Å²) in [5, 5.41) is 3.04. The third-order valence-corrected chi connectivity index (χ3v) is 4.60. The Balaban J connectivity index is 1.91. The van der Waals surface area contributed by atoms with Gasteiger partial charge in [-0.05, 0) is 19.1 Å². The first-order chi connectivity index (χ1) is 13.0. The zero-order valence-corrected chi connectivity index (χ0v) is 16.0. The normalized spacial score (nSPS) is 10.8. The zero-order valence-electron chi connectivity index (χ0n) is 15.3. The Kier molecular flexibility index (Phi) is 5.41. The number of nitrogens with one attached hydrogen (secondary N) is 1. The smallest absolute Gasteiger partial charge is 0.329 e. The fourth-order valence-corrected chi connectivity index (χ4v) is 3.22. The number of nitrogens with zero attached hydrogens (tertiary/aromatic N) is 2. The van der Waals surface area contributed by atoms with E-state index in [2.05, 4.69) is 5.32 Å². The Labute approximate surface area is 161 Å². The van der Waals surface area contributed by atoms with Crippen LogP contribution in [-0.2, 0) is 17.9 Å². The topological polar surface area (TPSA) is 74.5 Å². The molecule has 0 radical (unpaired) electrons. The summed E-state index contributed by atoms with van der Waals surface area (Å²) >= 11 is 6.21. The molecule has 0 aliphatic heterocycles. The Morgan fingerprint density at radius 3 is 2.26 bits per heavy atom. The summed E-state index contributed by atoms with van der Waals surface area (Å²) in [5.41, 5.74) is 1.65. The van der Waals surface area contributed by atoms with Crippen LogP contribution in [0.5, 0.6) is 11.5 Å². The molecule has 0 saturated carbocycles. The van der Waals surface area contributed by atoms with Crippen molar-refractivity contribution in [3.63, 3.8) is 0 Å². The third kappa shape index (κ3) is 3.50. The number of para-hydroxylation sites is 2. The summed E-state index contributed by atoms with van der Waals surface area (Å²) in [7, 11) is 3.00. The maximum absolute atomic E-state index is 12.6. The van der Waals surface area contributed by atoms with Crippen LogP contribution in [0.4, 0.5) is 5.69 Å². The number of aryl methyl sites for hydroxylation is 1. The van der Waals surface area contributed by atoms with E-state index in [1.54, 1.807) is 16.7 Å². The molecule has 0 atom stereocenters. The SMILES string of the molecule is CCn1c(=O)n(CC(=O)Nc2cc(OC)c(OC)cc2Cl)c2ccccc21. The quantitative estimate of drug-likeness (QED) is 0.702. The summed E-state index contributed by atoms with van der Waals surface area (Å²) < 4.78 is 13.5. The highest BCUT2D eigenvalue weighted by molar-refractivity contribution is 6.34. The number of fused-ring (bicyclic) bond motifs is 1. The molecule has 0 aliphatic rings. The number of benzene rings is 2. The van der Waals surface area contributed by atoms with Gasteiger partial charge in [0, 0.05) is 18.7 Å². The predicted octanol–water partition coefficient (Wildman–Crippen LogP) is 3.13. The molecule has 1 amide bonds. The standard InChI is InChI=1S/C19H20ClN3O4/c1-4-22-14-7-5-6-8-15(14)23(19(22)25)11-18(24)21-13-10-17(27-3)16(26-2)9-12(13)20/h5-10H,4,11H2,1-3H3,(H,21,24). The number of hydrogen-bond acceptors (Lipinski definition) is 4. The molecule has 142 valence electrons. The Bertz CT molecular complexity index is 1060. The highest BCUT2D eigenvalue weighted by Gasteiger charge is 2.16. The summed E-state index contributed by atoms with van der Waals surface area (Å²) in [4.78, 5) is 25.2. The van der Waals surface area contributed by atoms with Crippen molar-refractivity contribution >= 4 is 34.2 Å². The number of anilines is 1. The molecule has 2 aromatic carbocycles. The summed E-state index contributed by atoms with van der Waals surface area (Å²) in [6.45, 7) is 2.29. The van der Waals surface area contributed by atoms with Crippen molar-refractivity contribution in [1.82, 2.24) is 9.13 Å². The molecule has 3 rings (SSSR count). The molecule has 27 heavy (non-hydrogen) atoms. The highest BCUT2D eigenvalue weighted by atomic mass is 35.5. The van der Waals surface area contributed by atoms with Gasteiger partial charge in [0.15, 0.2) is 11.5 Å². The van der Waals surface area contributed by atoms with Gasteiger partial charge in [0.1, 0.15) is 6.54 Å². The fourth-order valence-electron chi connectivity index (χ4n) is 3.01. The lowest BCUT2D eigenvalue weighted by atomic mass is 10.2. The van der Waals surface area contributed by atoms with Crippen LogP contribution in [0.15, 0.2) is 41.2 Å². The van der Waals surface area contributed by atoms with Gasteiger partial charge in [-0.2, -0.15) is 0 Å². The van der Waals surface area contributed by atoms with E-state index >= 15 is 0 Å². The van der Waals surface area contributed by atoms with Crippen LogP contribution in [0, 0.1) is 0 Å². The lowest BCUT2D eigenvalue weighted by Gasteiger charge is -2.13. The van der Waals surface area contributed by atoms with Crippen molar-refractivity contribution in [3.8, 4) is 11.5 Å². The van der Waals surface area contributed by atoms with Crippen LogP contribution < -0.4 is 20.5 Å². The van der Waals surface area contributed by atoms with Gasteiger partial charge >= 0.3 is 5.69 Å². The number of hydrogen-bond donors (Lipinski definition) is 1. The fraction of sp³-hybridized carbons (Fsp3) is 0.263. The number of halogens is 1. The Morgan fingerprint density at radius 2 is 1.67 bits per heavy atom. The van der Waals surface area contributed by atoms with Gasteiger partial charge in [-0.25, -0.2) is 4.79 Å². The van der Waals surface area contributed by atoms with Gasteiger partial charge in [0.05, 0.1) is 36.0 Å².